The van der Waals surface area contributed by atoms with Gasteiger partial charge in [0.15, 0.2) is 6.29 Å². The molecule has 6 N–H and O–H groups in total. The zero-order valence-electron chi connectivity index (χ0n) is 28.5. The second-order valence-corrected chi connectivity index (χ2v) is 17.4. The van der Waals surface area contributed by atoms with Crippen molar-refractivity contribution in [3.05, 3.63) is 11.6 Å². The van der Waals surface area contributed by atoms with Gasteiger partial charge in [0.05, 0.1) is 24.4 Å². The fourth-order valence-corrected chi connectivity index (χ4v) is 11.6. The number of hydrogen-bond acceptors (Lipinski definition) is 8. The van der Waals surface area contributed by atoms with Gasteiger partial charge in [-0.2, -0.15) is 0 Å². The fourth-order valence-electron chi connectivity index (χ4n) is 11.6. The summed E-state index contributed by atoms with van der Waals surface area (Å²) < 4.78 is 12.2. The third kappa shape index (κ3) is 5.45. The first-order valence-corrected chi connectivity index (χ1v) is 17.3. The molecule has 0 amide bonds. The van der Waals surface area contributed by atoms with Crippen LogP contribution in [0.5, 0.6) is 0 Å². The molecule has 0 aromatic rings. The maximum absolute atomic E-state index is 12.0. The Hall–Kier alpha value is -0.580. The average Bonchev–Trinajstić information content (AvgIpc) is 3.31. The Morgan fingerprint density at radius 3 is 2.18 bits per heavy atom. The number of hydrogen-bond donors (Lipinski definition) is 6. The summed E-state index contributed by atoms with van der Waals surface area (Å²) in [6, 6.07) is 0. The number of aliphatic hydroxyl groups is 6. The Balaban J connectivity index is 1.36. The summed E-state index contributed by atoms with van der Waals surface area (Å²) >= 11 is 0. The van der Waals surface area contributed by atoms with Gasteiger partial charge in [-0.3, -0.25) is 0 Å². The van der Waals surface area contributed by atoms with E-state index >= 15 is 0 Å². The Morgan fingerprint density at radius 1 is 0.886 bits per heavy atom. The van der Waals surface area contributed by atoms with E-state index in [1.807, 2.05) is 13.8 Å². The highest BCUT2D eigenvalue weighted by molar-refractivity contribution is 5.22. The van der Waals surface area contributed by atoms with Gasteiger partial charge >= 0.3 is 0 Å². The van der Waals surface area contributed by atoms with Gasteiger partial charge in [0.25, 0.3) is 0 Å². The van der Waals surface area contributed by atoms with Crippen LogP contribution in [0.15, 0.2) is 11.6 Å². The minimum Gasteiger partial charge on any atom is -0.394 e. The summed E-state index contributed by atoms with van der Waals surface area (Å²) in [6.45, 7) is 17.4. The van der Waals surface area contributed by atoms with Crippen LogP contribution in [-0.4, -0.2) is 85.8 Å². The summed E-state index contributed by atoms with van der Waals surface area (Å²) in [6.07, 6.45) is 3.85. The van der Waals surface area contributed by atoms with Crippen LogP contribution in [-0.2, 0) is 9.47 Å². The summed E-state index contributed by atoms with van der Waals surface area (Å²) in [5, 5.41) is 63.2. The highest BCUT2D eigenvalue weighted by Crippen LogP contribution is 2.75. The third-order valence-electron chi connectivity index (χ3n) is 14.3. The van der Waals surface area contributed by atoms with Crippen LogP contribution in [0.25, 0.3) is 0 Å². The number of allylic oxidation sites excluding steroid dienone is 2. The smallest absolute Gasteiger partial charge is 0.186 e. The molecule has 4 aliphatic carbocycles. The van der Waals surface area contributed by atoms with Gasteiger partial charge in [0.2, 0.25) is 0 Å². The third-order valence-corrected chi connectivity index (χ3v) is 14.3. The van der Waals surface area contributed by atoms with E-state index < -0.39 is 42.9 Å². The highest BCUT2D eigenvalue weighted by Gasteiger charge is 2.70. The molecule has 14 unspecified atom stereocenters. The summed E-state index contributed by atoms with van der Waals surface area (Å²) in [4.78, 5) is 0. The molecule has 1 saturated heterocycles. The van der Waals surface area contributed by atoms with Crippen LogP contribution in [0.4, 0.5) is 0 Å². The summed E-state index contributed by atoms with van der Waals surface area (Å²) in [5.74, 6) is 1.32. The van der Waals surface area contributed by atoms with Gasteiger partial charge < -0.3 is 40.1 Å². The van der Waals surface area contributed by atoms with Crippen LogP contribution >= 0.6 is 0 Å². The number of fused-ring (bicyclic) bond motifs is 5. The van der Waals surface area contributed by atoms with Crippen molar-refractivity contribution in [3.63, 3.8) is 0 Å². The molecule has 0 aromatic heterocycles. The van der Waals surface area contributed by atoms with E-state index in [9.17, 15) is 30.6 Å². The molecule has 1 heterocycles. The summed E-state index contributed by atoms with van der Waals surface area (Å²) in [5.41, 5.74) is 0.589. The molecule has 5 aliphatic rings. The molecular formula is C36H62O8. The lowest BCUT2D eigenvalue weighted by Gasteiger charge is -2.70. The van der Waals surface area contributed by atoms with Gasteiger partial charge in [-0.05, 0) is 124 Å². The monoisotopic (exact) mass is 622 g/mol. The van der Waals surface area contributed by atoms with E-state index in [1.54, 1.807) is 0 Å². The maximum Gasteiger partial charge on any atom is 0.186 e. The molecule has 0 radical (unpaired) electrons. The normalized spacial score (nSPS) is 51.0. The molecule has 1 aliphatic heterocycles. The van der Waals surface area contributed by atoms with Crippen molar-refractivity contribution in [3.8, 4) is 0 Å². The van der Waals surface area contributed by atoms with Crippen molar-refractivity contribution in [2.24, 2.45) is 45.3 Å². The minimum atomic E-state index is -1.45. The highest BCUT2D eigenvalue weighted by atomic mass is 16.7. The fraction of sp³-hybridized carbons (Fsp3) is 0.944. The van der Waals surface area contributed by atoms with E-state index in [0.717, 1.165) is 57.8 Å². The predicted octanol–water partition coefficient (Wildman–Crippen LogP) is 4.32. The SMILES string of the molecule is CC(=CCCC(C)(C)O)C1CCC2(C)C1C(O)CC1C3(C)CCC(OC4OC(CO)C(O)C(O)C4O)C(C)(C)C3CCC12C. The molecule has 0 bridgehead atoms. The van der Waals surface area contributed by atoms with Crippen molar-refractivity contribution in [1.29, 1.82) is 0 Å². The molecule has 14 atom stereocenters. The number of ether oxygens (including phenoxy) is 2. The first kappa shape index (κ1) is 34.7. The minimum absolute atomic E-state index is 0.0103. The first-order valence-electron chi connectivity index (χ1n) is 17.3. The van der Waals surface area contributed by atoms with Gasteiger partial charge in [0, 0.05) is 0 Å². The van der Waals surface area contributed by atoms with E-state index in [4.69, 9.17) is 9.47 Å². The van der Waals surface area contributed by atoms with Gasteiger partial charge in [0.1, 0.15) is 24.4 Å². The molecule has 8 nitrogen and oxygen atoms in total. The van der Waals surface area contributed by atoms with E-state index in [-0.39, 0.29) is 39.8 Å². The predicted molar refractivity (Wildman–Crippen MR) is 168 cm³/mol. The van der Waals surface area contributed by atoms with Gasteiger partial charge in [-0.1, -0.05) is 46.3 Å². The summed E-state index contributed by atoms with van der Waals surface area (Å²) in [7, 11) is 0. The van der Waals surface area contributed by atoms with Gasteiger partial charge in [-0.15, -0.1) is 0 Å². The zero-order chi connectivity index (χ0) is 32.6. The second-order valence-electron chi connectivity index (χ2n) is 17.4. The molecule has 254 valence electrons. The largest absolute Gasteiger partial charge is 0.394 e. The van der Waals surface area contributed by atoms with E-state index in [0.29, 0.717) is 17.8 Å². The standard InChI is InChI=1S/C36H62O8/c1-20(10-9-14-32(2,3)42)21-11-16-36(8)27(21)22(38)18-25-34(6)15-13-26(33(4,5)24(34)12-17-35(25,36)7)44-31-30(41)29(40)28(39)23(19-37)43-31/h10,21-31,37-42H,9,11-19H2,1-8H3. The zero-order valence-corrected chi connectivity index (χ0v) is 28.5. The van der Waals surface area contributed by atoms with E-state index in [1.165, 1.54) is 5.57 Å². The van der Waals surface area contributed by atoms with Crippen LogP contribution in [0.3, 0.4) is 0 Å². The average molecular weight is 623 g/mol. The Kier molecular flexibility index (Phi) is 9.35. The Labute approximate surface area is 265 Å². The maximum atomic E-state index is 12.0. The lowest BCUT2D eigenvalue weighted by molar-refractivity contribution is -0.331. The van der Waals surface area contributed by atoms with Gasteiger partial charge in [-0.25, -0.2) is 0 Å². The molecular weight excluding hydrogens is 560 g/mol. The number of rotatable bonds is 7. The molecule has 0 aromatic carbocycles. The molecule has 4 saturated carbocycles. The van der Waals surface area contributed by atoms with Crippen molar-refractivity contribution in [1.82, 2.24) is 0 Å². The topological polar surface area (TPSA) is 140 Å². The molecule has 0 spiro atoms. The Bertz CT molecular complexity index is 1070. The lowest BCUT2D eigenvalue weighted by atomic mass is 9.35. The number of aliphatic hydroxyl groups excluding tert-OH is 5. The van der Waals surface area contributed by atoms with Crippen molar-refractivity contribution in [2.45, 2.75) is 162 Å². The molecule has 5 rings (SSSR count). The lowest BCUT2D eigenvalue weighted by Crippen LogP contribution is -2.67. The quantitative estimate of drug-likeness (QED) is 0.182. The van der Waals surface area contributed by atoms with Crippen molar-refractivity contribution in [2.75, 3.05) is 6.61 Å². The molecule has 44 heavy (non-hydrogen) atoms. The van der Waals surface area contributed by atoms with Crippen molar-refractivity contribution < 1.29 is 40.1 Å². The Morgan fingerprint density at radius 2 is 1.55 bits per heavy atom. The molecule has 5 fully saturated rings. The molecule has 8 heteroatoms. The van der Waals surface area contributed by atoms with Crippen LogP contribution in [0, 0.1) is 45.3 Å². The van der Waals surface area contributed by atoms with Crippen LogP contribution < -0.4 is 0 Å². The van der Waals surface area contributed by atoms with Crippen molar-refractivity contribution >= 4 is 0 Å². The van der Waals surface area contributed by atoms with Crippen LogP contribution in [0.1, 0.15) is 113 Å². The second kappa shape index (κ2) is 11.8. The first-order chi connectivity index (χ1) is 20.3. The van der Waals surface area contributed by atoms with Crippen LogP contribution in [0.2, 0.25) is 0 Å². The van der Waals surface area contributed by atoms with E-state index in [2.05, 4.69) is 47.6 Å².